The van der Waals surface area contributed by atoms with Crippen molar-refractivity contribution in [2.24, 2.45) is 0 Å². The molecule has 0 aliphatic heterocycles. The van der Waals surface area contributed by atoms with Gasteiger partial charge in [-0.1, -0.05) is 88.7 Å². The fourth-order valence-electron chi connectivity index (χ4n) is 3.17. The maximum absolute atomic E-state index is 13.3. The molecule has 3 aromatic rings. The van der Waals surface area contributed by atoms with Crippen molar-refractivity contribution in [3.63, 3.8) is 0 Å². The van der Waals surface area contributed by atoms with Crippen LogP contribution in [0.5, 0.6) is 0 Å². The molecule has 1 amide bonds. The molecule has 0 bridgehead atoms. The monoisotopic (exact) mass is 500 g/mol. The smallest absolute Gasteiger partial charge is 0.238 e. The minimum Gasteiger partial charge on any atom is -0.333 e. The number of nitrogens with zero attached hydrogens (tertiary/aromatic N) is 2. The number of carbonyl (C=O) groups excluding carboxylic acids is 1. The molecule has 0 unspecified atom stereocenters. The SMILES string of the molecule is CS(=O)(=O)N(CC(=O)N(Cc1ccccc1)Cc1ccccc1)Cc1ccc(Br)cc1. The molecular weight excluding hydrogens is 476 g/mol. The van der Waals surface area contributed by atoms with Crippen LogP contribution in [0, 0.1) is 0 Å². The van der Waals surface area contributed by atoms with Gasteiger partial charge in [-0.2, -0.15) is 4.31 Å². The summed E-state index contributed by atoms with van der Waals surface area (Å²) in [4.78, 5) is 15.0. The Balaban J connectivity index is 1.80. The molecule has 5 nitrogen and oxygen atoms in total. The van der Waals surface area contributed by atoms with Crippen molar-refractivity contribution < 1.29 is 13.2 Å². The molecule has 31 heavy (non-hydrogen) atoms. The Bertz CT molecular complexity index is 1050. The molecule has 7 heteroatoms. The molecule has 0 fully saturated rings. The van der Waals surface area contributed by atoms with Crippen LogP contribution in [0.3, 0.4) is 0 Å². The third kappa shape index (κ3) is 7.31. The van der Waals surface area contributed by atoms with Gasteiger partial charge in [-0.25, -0.2) is 8.42 Å². The molecule has 0 aliphatic carbocycles. The van der Waals surface area contributed by atoms with E-state index in [0.717, 1.165) is 27.4 Å². The number of amides is 1. The van der Waals surface area contributed by atoms with E-state index in [0.29, 0.717) is 13.1 Å². The predicted molar refractivity (Wildman–Crippen MR) is 127 cm³/mol. The highest BCUT2D eigenvalue weighted by Gasteiger charge is 2.24. The zero-order valence-corrected chi connectivity index (χ0v) is 19.7. The van der Waals surface area contributed by atoms with Crippen LogP contribution in [-0.2, 0) is 34.5 Å². The van der Waals surface area contributed by atoms with Gasteiger partial charge in [0.1, 0.15) is 0 Å². The van der Waals surface area contributed by atoms with Crippen LogP contribution in [0.4, 0.5) is 0 Å². The lowest BCUT2D eigenvalue weighted by Crippen LogP contribution is -2.41. The van der Waals surface area contributed by atoms with Crippen LogP contribution in [-0.4, -0.2) is 36.3 Å². The Morgan fingerprint density at radius 3 is 1.65 bits per heavy atom. The van der Waals surface area contributed by atoms with Gasteiger partial charge in [0.15, 0.2) is 0 Å². The lowest BCUT2D eigenvalue weighted by atomic mass is 10.1. The van der Waals surface area contributed by atoms with Gasteiger partial charge in [0.05, 0.1) is 12.8 Å². The van der Waals surface area contributed by atoms with E-state index in [1.807, 2.05) is 84.9 Å². The van der Waals surface area contributed by atoms with E-state index in [-0.39, 0.29) is 19.0 Å². The van der Waals surface area contributed by atoms with Gasteiger partial charge in [-0.3, -0.25) is 4.79 Å². The summed E-state index contributed by atoms with van der Waals surface area (Å²) in [5.74, 6) is -0.241. The summed E-state index contributed by atoms with van der Waals surface area (Å²) in [6.45, 7) is 0.742. The topological polar surface area (TPSA) is 57.7 Å². The number of benzene rings is 3. The first kappa shape index (κ1) is 23.2. The van der Waals surface area contributed by atoms with E-state index in [1.165, 1.54) is 4.31 Å². The minimum absolute atomic E-state index is 0.141. The lowest BCUT2D eigenvalue weighted by Gasteiger charge is -2.27. The minimum atomic E-state index is -3.57. The third-order valence-electron chi connectivity index (χ3n) is 4.84. The van der Waals surface area contributed by atoms with Gasteiger partial charge in [0.2, 0.25) is 15.9 Å². The first-order valence-corrected chi connectivity index (χ1v) is 12.5. The van der Waals surface area contributed by atoms with Crippen molar-refractivity contribution in [3.05, 3.63) is 106 Å². The Morgan fingerprint density at radius 1 is 0.742 bits per heavy atom. The van der Waals surface area contributed by atoms with Crippen molar-refractivity contribution in [3.8, 4) is 0 Å². The van der Waals surface area contributed by atoms with Crippen LogP contribution >= 0.6 is 15.9 Å². The summed E-state index contributed by atoms with van der Waals surface area (Å²) in [6.07, 6.45) is 1.14. The van der Waals surface area contributed by atoms with Crippen LogP contribution in [0.1, 0.15) is 16.7 Å². The number of halogens is 1. The molecule has 0 radical (unpaired) electrons. The lowest BCUT2D eigenvalue weighted by molar-refractivity contribution is -0.132. The van der Waals surface area contributed by atoms with Crippen molar-refractivity contribution in [1.29, 1.82) is 0 Å². The second-order valence-electron chi connectivity index (χ2n) is 7.38. The normalized spacial score (nSPS) is 11.5. The Morgan fingerprint density at radius 2 is 1.19 bits per heavy atom. The zero-order valence-electron chi connectivity index (χ0n) is 17.3. The summed E-state index contributed by atoms with van der Waals surface area (Å²) < 4.78 is 27.0. The van der Waals surface area contributed by atoms with Crippen LogP contribution < -0.4 is 0 Å². The maximum atomic E-state index is 13.3. The molecule has 0 N–H and O–H groups in total. The fraction of sp³-hybridized carbons (Fsp3) is 0.208. The average molecular weight is 501 g/mol. The molecule has 0 aliphatic rings. The zero-order chi connectivity index (χ0) is 22.3. The molecule has 0 atom stereocenters. The van der Waals surface area contributed by atoms with Gasteiger partial charge >= 0.3 is 0 Å². The third-order valence-corrected chi connectivity index (χ3v) is 6.56. The summed E-state index contributed by atoms with van der Waals surface area (Å²) in [5.41, 5.74) is 2.80. The van der Waals surface area contributed by atoms with E-state index >= 15 is 0 Å². The largest absolute Gasteiger partial charge is 0.333 e. The Hall–Kier alpha value is -2.48. The second-order valence-corrected chi connectivity index (χ2v) is 10.3. The van der Waals surface area contributed by atoms with Crippen molar-refractivity contribution in [2.45, 2.75) is 19.6 Å². The number of carbonyl (C=O) groups is 1. The number of hydrogen-bond acceptors (Lipinski definition) is 3. The molecule has 0 aromatic heterocycles. The summed E-state index contributed by atoms with van der Waals surface area (Å²) in [7, 11) is -3.57. The van der Waals surface area contributed by atoms with E-state index in [2.05, 4.69) is 15.9 Å². The van der Waals surface area contributed by atoms with Crippen LogP contribution in [0.15, 0.2) is 89.4 Å². The molecule has 0 spiro atoms. The van der Waals surface area contributed by atoms with E-state index in [1.54, 1.807) is 4.90 Å². The van der Waals surface area contributed by atoms with Crippen molar-refractivity contribution in [2.75, 3.05) is 12.8 Å². The second kappa shape index (κ2) is 10.7. The molecule has 3 rings (SSSR count). The molecule has 0 heterocycles. The average Bonchev–Trinajstić information content (AvgIpc) is 2.75. The Labute approximate surface area is 192 Å². The van der Waals surface area contributed by atoms with E-state index in [9.17, 15) is 13.2 Å². The van der Waals surface area contributed by atoms with Crippen LogP contribution in [0.2, 0.25) is 0 Å². The molecule has 0 saturated carbocycles. The van der Waals surface area contributed by atoms with E-state index < -0.39 is 10.0 Å². The summed E-state index contributed by atoms with van der Waals surface area (Å²) in [6, 6.07) is 26.8. The van der Waals surface area contributed by atoms with Crippen LogP contribution in [0.25, 0.3) is 0 Å². The van der Waals surface area contributed by atoms with Gasteiger partial charge in [-0.05, 0) is 28.8 Å². The van der Waals surface area contributed by atoms with Crippen molar-refractivity contribution in [1.82, 2.24) is 9.21 Å². The highest BCUT2D eigenvalue weighted by atomic mass is 79.9. The quantitative estimate of drug-likeness (QED) is 0.436. The van der Waals surface area contributed by atoms with Gasteiger partial charge in [0, 0.05) is 24.1 Å². The molecule has 0 saturated heterocycles. The van der Waals surface area contributed by atoms with Gasteiger partial charge < -0.3 is 4.90 Å². The number of hydrogen-bond donors (Lipinski definition) is 0. The first-order chi connectivity index (χ1) is 14.8. The van der Waals surface area contributed by atoms with Gasteiger partial charge in [0.25, 0.3) is 0 Å². The Kier molecular flexibility index (Phi) is 8.01. The molecular formula is C24H25BrN2O3S. The fourth-order valence-corrected chi connectivity index (χ4v) is 4.17. The predicted octanol–water partition coefficient (Wildman–Crippen LogP) is 4.44. The van der Waals surface area contributed by atoms with Gasteiger partial charge in [-0.15, -0.1) is 0 Å². The van der Waals surface area contributed by atoms with E-state index in [4.69, 9.17) is 0 Å². The standard InChI is InChI=1S/C24H25BrN2O3S/c1-31(29,30)27(18-22-12-14-23(25)15-13-22)19-24(28)26(16-20-8-4-2-5-9-20)17-21-10-6-3-7-11-21/h2-15H,16-19H2,1H3. The number of rotatable bonds is 9. The molecule has 3 aromatic carbocycles. The maximum Gasteiger partial charge on any atom is 0.238 e. The first-order valence-electron chi connectivity index (χ1n) is 9.86. The number of sulfonamides is 1. The highest BCUT2D eigenvalue weighted by Crippen LogP contribution is 2.16. The summed E-state index contributed by atoms with van der Waals surface area (Å²) in [5, 5.41) is 0. The molecule has 162 valence electrons. The summed E-state index contributed by atoms with van der Waals surface area (Å²) >= 11 is 3.38. The van der Waals surface area contributed by atoms with Crippen molar-refractivity contribution >= 4 is 31.9 Å². The highest BCUT2D eigenvalue weighted by molar-refractivity contribution is 9.10.